The lowest BCUT2D eigenvalue weighted by molar-refractivity contribution is -0.119. The van der Waals surface area contributed by atoms with Crippen LogP contribution in [0.1, 0.15) is 59.6 Å². The van der Waals surface area contributed by atoms with Crippen molar-refractivity contribution in [2.45, 2.75) is 57.8 Å². The molecule has 0 aliphatic carbocycles. The molecule has 0 saturated carbocycles. The van der Waals surface area contributed by atoms with Gasteiger partial charge in [-0.2, -0.15) is 0 Å². The Hall–Kier alpha value is -2.36. The summed E-state index contributed by atoms with van der Waals surface area (Å²) in [4.78, 5) is 18.1. The second-order valence-corrected chi connectivity index (χ2v) is 9.21. The molecule has 1 unspecified atom stereocenters. The number of pyridine rings is 1. The second-order valence-electron chi connectivity index (χ2n) is 8.04. The number of nitrogens with two attached hydrogens (primary N) is 3. The molecule has 0 radical (unpaired) electrons. The summed E-state index contributed by atoms with van der Waals surface area (Å²) in [5.41, 5.74) is 18.7. The van der Waals surface area contributed by atoms with Crippen molar-refractivity contribution in [3.05, 3.63) is 33.5 Å². The number of rotatable bonds is 9. The Labute approximate surface area is 181 Å². The van der Waals surface area contributed by atoms with E-state index in [2.05, 4.69) is 4.98 Å². The minimum Gasteiger partial charge on any atom is -0.456 e. The van der Waals surface area contributed by atoms with Gasteiger partial charge in [-0.15, -0.1) is 11.3 Å². The highest BCUT2D eigenvalue weighted by atomic mass is 32.1. The first-order valence-electron chi connectivity index (χ1n) is 9.74. The Morgan fingerprint density at radius 2 is 1.83 bits per heavy atom. The van der Waals surface area contributed by atoms with Gasteiger partial charge in [-0.05, 0) is 52.2 Å². The van der Waals surface area contributed by atoms with E-state index < -0.39 is 11.9 Å². The number of hydrogen-bond donors (Lipinski definition) is 3. The number of carbonyl (C=O) groups excluding carboxylic acids is 1. The molecule has 2 heterocycles. The van der Waals surface area contributed by atoms with Crippen molar-refractivity contribution in [1.82, 2.24) is 4.98 Å². The van der Waals surface area contributed by atoms with Gasteiger partial charge < -0.3 is 31.4 Å². The van der Waals surface area contributed by atoms with Crippen molar-refractivity contribution in [2.24, 2.45) is 0 Å². The number of aryl methyl sites for hydroxylation is 1. The largest absolute Gasteiger partial charge is 0.456 e. The highest BCUT2D eigenvalue weighted by Gasteiger charge is 2.28. The molecule has 9 heteroatoms. The minimum atomic E-state index is -0.527. The Balaban J connectivity index is 2.10. The van der Waals surface area contributed by atoms with E-state index >= 15 is 0 Å². The molecule has 6 N–H and O–H groups in total. The average molecular weight is 437 g/mol. The van der Waals surface area contributed by atoms with Gasteiger partial charge in [-0.3, -0.25) is 0 Å². The molecule has 0 bridgehead atoms. The number of methoxy groups -OCH3 is 2. The van der Waals surface area contributed by atoms with E-state index in [0.29, 0.717) is 22.5 Å². The third-order valence-corrected chi connectivity index (χ3v) is 5.63. The van der Waals surface area contributed by atoms with Crippen LogP contribution in [0.5, 0.6) is 0 Å². The maximum atomic E-state index is 12.2. The Kier molecular flexibility index (Phi) is 8.05. The number of carbonyl (C=O) groups is 1. The number of aromatic nitrogens is 1. The first-order valence-corrected chi connectivity index (χ1v) is 10.6. The van der Waals surface area contributed by atoms with Crippen LogP contribution >= 0.6 is 11.3 Å². The minimum absolute atomic E-state index is 0.210. The molecule has 0 aliphatic rings. The average Bonchev–Trinajstić information content (AvgIpc) is 3.09. The van der Waals surface area contributed by atoms with E-state index in [0.717, 1.165) is 17.7 Å². The fourth-order valence-corrected chi connectivity index (χ4v) is 4.23. The molecule has 0 saturated heterocycles. The molecule has 8 nitrogen and oxygen atoms in total. The summed E-state index contributed by atoms with van der Waals surface area (Å²) in [7, 11) is 3.15. The Morgan fingerprint density at radius 3 is 2.40 bits per heavy atom. The van der Waals surface area contributed by atoms with Crippen molar-refractivity contribution < 1.29 is 19.0 Å². The molecule has 2 rings (SSSR count). The molecule has 0 amide bonds. The van der Waals surface area contributed by atoms with Gasteiger partial charge in [-0.25, -0.2) is 9.78 Å². The lowest BCUT2D eigenvalue weighted by Crippen LogP contribution is -2.25. The Bertz CT molecular complexity index is 836. The van der Waals surface area contributed by atoms with Crippen LogP contribution < -0.4 is 17.2 Å². The molecular weight excluding hydrogens is 404 g/mol. The van der Waals surface area contributed by atoms with E-state index in [1.165, 1.54) is 11.3 Å². The van der Waals surface area contributed by atoms with E-state index in [4.69, 9.17) is 31.4 Å². The van der Waals surface area contributed by atoms with Gasteiger partial charge in [0.05, 0.1) is 0 Å². The monoisotopic (exact) mass is 436 g/mol. The molecule has 0 fully saturated rings. The second kappa shape index (κ2) is 10.1. The van der Waals surface area contributed by atoms with Gasteiger partial charge in [0.1, 0.15) is 22.1 Å². The number of thiophene rings is 1. The molecule has 1 atom stereocenters. The summed E-state index contributed by atoms with van der Waals surface area (Å²) in [5, 5.41) is 0. The van der Waals surface area contributed by atoms with Gasteiger partial charge >= 0.3 is 5.97 Å². The van der Waals surface area contributed by atoms with Gasteiger partial charge in [0, 0.05) is 42.3 Å². The molecule has 2 aromatic heterocycles. The fraction of sp³-hybridized carbons (Fsp3) is 0.524. The summed E-state index contributed by atoms with van der Waals surface area (Å²) in [5.74, 6) is 0.0365. The molecule has 0 aliphatic heterocycles. The number of nitrogen functional groups attached to an aromatic ring is 3. The predicted molar refractivity (Wildman–Crippen MR) is 120 cm³/mol. The van der Waals surface area contributed by atoms with Gasteiger partial charge in [-0.1, -0.05) is 0 Å². The number of anilines is 3. The van der Waals surface area contributed by atoms with Crippen LogP contribution in [-0.2, 0) is 20.6 Å². The molecule has 2 aromatic rings. The van der Waals surface area contributed by atoms with Crippen molar-refractivity contribution in [3.8, 4) is 0 Å². The zero-order valence-corrected chi connectivity index (χ0v) is 19.0. The van der Waals surface area contributed by atoms with Gasteiger partial charge in [0.25, 0.3) is 0 Å². The van der Waals surface area contributed by atoms with Crippen LogP contribution in [0.3, 0.4) is 0 Å². The lowest BCUT2D eigenvalue weighted by atomic mass is 9.91. The highest BCUT2D eigenvalue weighted by molar-refractivity contribution is 7.13. The summed E-state index contributed by atoms with van der Waals surface area (Å²) in [6.45, 7) is 5.56. The van der Waals surface area contributed by atoms with Crippen molar-refractivity contribution in [1.29, 1.82) is 0 Å². The van der Waals surface area contributed by atoms with Crippen LogP contribution in [-0.4, -0.2) is 37.1 Å². The number of hydrogen-bond acceptors (Lipinski definition) is 9. The van der Waals surface area contributed by atoms with Gasteiger partial charge in [0.15, 0.2) is 6.29 Å². The van der Waals surface area contributed by atoms with Crippen molar-refractivity contribution in [3.63, 3.8) is 0 Å². The summed E-state index contributed by atoms with van der Waals surface area (Å²) in [6, 6.07) is 5.35. The zero-order chi connectivity index (χ0) is 22.5. The fourth-order valence-electron chi connectivity index (χ4n) is 3.31. The molecular formula is C21H32N4O4S. The maximum Gasteiger partial charge on any atom is 0.348 e. The van der Waals surface area contributed by atoms with E-state index in [1.807, 2.05) is 26.8 Å². The third kappa shape index (κ3) is 6.32. The molecule has 0 aromatic carbocycles. The van der Waals surface area contributed by atoms with E-state index in [9.17, 15) is 4.79 Å². The topological polar surface area (TPSA) is 136 Å². The highest BCUT2D eigenvalue weighted by Crippen LogP contribution is 2.36. The number of ether oxygens (including phenoxy) is 3. The van der Waals surface area contributed by atoms with Crippen molar-refractivity contribution >= 4 is 34.6 Å². The molecule has 30 heavy (non-hydrogen) atoms. The summed E-state index contributed by atoms with van der Waals surface area (Å²) >= 11 is 1.44. The standard InChI is InChI=1S/C21H32N4O4S/c1-21(2,3)29-19(26)15-10-9-12(30-15)7-6-8-13(20(27-4)28-5)17-14(22)11-16(23)25-18(17)24/h9-11,13,20H,6-8H2,1-5H3,(H6,22,23,24,25). The van der Waals surface area contributed by atoms with Crippen LogP contribution in [0, 0.1) is 0 Å². The molecule has 166 valence electrons. The lowest BCUT2D eigenvalue weighted by Gasteiger charge is -2.27. The normalized spacial score (nSPS) is 12.9. The van der Waals surface area contributed by atoms with Crippen LogP contribution in [0.2, 0.25) is 0 Å². The van der Waals surface area contributed by atoms with E-state index in [-0.39, 0.29) is 23.5 Å². The summed E-state index contributed by atoms with van der Waals surface area (Å²) < 4.78 is 16.4. The van der Waals surface area contributed by atoms with Crippen LogP contribution in [0.15, 0.2) is 18.2 Å². The SMILES string of the molecule is COC(OC)C(CCCc1ccc(C(=O)OC(C)(C)C)s1)c1c(N)cc(N)nc1N. The first-order chi connectivity index (χ1) is 14.1. The van der Waals surface area contributed by atoms with Gasteiger partial charge in [0.2, 0.25) is 0 Å². The van der Waals surface area contributed by atoms with Crippen LogP contribution in [0.25, 0.3) is 0 Å². The van der Waals surface area contributed by atoms with Crippen LogP contribution in [0.4, 0.5) is 17.3 Å². The first kappa shape index (κ1) is 23.9. The van der Waals surface area contributed by atoms with Crippen molar-refractivity contribution in [2.75, 3.05) is 31.4 Å². The number of nitrogens with zero attached hydrogens (tertiary/aromatic N) is 1. The zero-order valence-electron chi connectivity index (χ0n) is 18.2. The maximum absolute atomic E-state index is 12.2. The Morgan fingerprint density at radius 1 is 1.17 bits per heavy atom. The third-order valence-electron chi connectivity index (χ3n) is 4.50. The predicted octanol–water partition coefficient (Wildman–Crippen LogP) is 3.57. The smallest absolute Gasteiger partial charge is 0.348 e. The summed E-state index contributed by atoms with van der Waals surface area (Å²) in [6.07, 6.45) is 1.77. The quantitative estimate of drug-likeness (QED) is 0.401. The number of esters is 1. The molecule has 0 spiro atoms. The van der Waals surface area contributed by atoms with E-state index in [1.54, 1.807) is 26.4 Å².